The lowest BCUT2D eigenvalue weighted by atomic mass is 10.2. The van der Waals surface area contributed by atoms with Crippen LogP contribution in [-0.2, 0) is 4.79 Å². The fourth-order valence-corrected chi connectivity index (χ4v) is 3.37. The number of nitrogens with zero attached hydrogens (tertiary/aromatic N) is 2. The minimum Gasteiger partial charge on any atom is -0.497 e. The highest BCUT2D eigenvalue weighted by Gasteiger charge is 2.19. The number of aromatic nitrogens is 1. The number of thiazole rings is 1. The van der Waals surface area contributed by atoms with Gasteiger partial charge in [0.1, 0.15) is 5.75 Å². The Kier molecular flexibility index (Phi) is 4.62. The summed E-state index contributed by atoms with van der Waals surface area (Å²) < 4.78 is 5.18. The normalized spacial score (nSPS) is 10.5. The summed E-state index contributed by atoms with van der Waals surface area (Å²) >= 11 is 1.46. The van der Waals surface area contributed by atoms with Crippen molar-refractivity contribution in [3.8, 4) is 17.0 Å². The maximum Gasteiger partial charge on any atom is 0.230 e. The van der Waals surface area contributed by atoms with Crippen LogP contribution in [0, 0.1) is 6.92 Å². The zero-order chi connectivity index (χ0) is 17.1. The highest BCUT2D eigenvalue weighted by molar-refractivity contribution is 7.14. The van der Waals surface area contributed by atoms with Crippen LogP contribution in [-0.4, -0.2) is 18.0 Å². The molecule has 0 aliphatic carbocycles. The summed E-state index contributed by atoms with van der Waals surface area (Å²) in [5.74, 6) is 0.749. The molecular formula is C19H18N2O2S. The first-order valence-electron chi connectivity index (χ1n) is 7.56. The van der Waals surface area contributed by atoms with E-state index in [4.69, 9.17) is 4.74 Å². The maximum atomic E-state index is 12.2. The van der Waals surface area contributed by atoms with Crippen LogP contribution in [0.1, 0.15) is 12.5 Å². The van der Waals surface area contributed by atoms with Crippen molar-refractivity contribution in [1.82, 2.24) is 4.98 Å². The number of methoxy groups -OCH3 is 1. The number of para-hydroxylation sites is 1. The second-order valence-electron chi connectivity index (χ2n) is 5.38. The van der Waals surface area contributed by atoms with Gasteiger partial charge in [-0.3, -0.25) is 9.69 Å². The number of carbonyl (C=O) groups is 1. The number of hydrogen-bond donors (Lipinski definition) is 0. The molecule has 0 saturated heterocycles. The van der Waals surface area contributed by atoms with Gasteiger partial charge >= 0.3 is 0 Å². The van der Waals surface area contributed by atoms with Crippen LogP contribution in [0.4, 0.5) is 10.8 Å². The van der Waals surface area contributed by atoms with Crippen molar-refractivity contribution in [3.05, 3.63) is 59.5 Å². The van der Waals surface area contributed by atoms with Gasteiger partial charge in [0.2, 0.25) is 5.91 Å². The van der Waals surface area contributed by atoms with E-state index in [0.29, 0.717) is 5.13 Å². The van der Waals surface area contributed by atoms with E-state index in [2.05, 4.69) is 4.98 Å². The predicted octanol–water partition coefficient (Wildman–Crippen LogP) is 4.81. The Morgan fingerprint density at radius 1 is 1.12 bits per heavy atom. The lowest BCUT2D eigenvalue weighted by Gasteiger charge is -2.20. The van der Waals surface area contributed by atoms with Crippen LogP contribution in [0.3, 0.4) is 0 Å². The summed E-state index contributed by atoms with van der Waals surface area (Å²) in [6.07, 6.45) is 0. The maximum absolute atomic E-state index is 12.2. The molecule has 0 fully saturated rings. The van der Waals surface area contributed by atoms with Gasteiger partial charge in [0.15, 0.2) is 5.13 Å². The second kappa shape index (κ2) is 6.84. The zero-order valence-electron chi connectivity index (χ0n) is 13.8. The van der Waals surface area contributed by atoms with E-state index >= 15 is 0 Å². The Hall–Kier alpha value is -2.66. The molecule has 5 heteroatoms. The van der Waals surface area contributed by atoms with Crippen LogP contribution in [0.2, 0.25) is 0 Å². The first kappa shape index (κ1) is 16.2. The van der Waals surface area contributed by atoms with Gasteiger partial charge in [0, 0.05) is 17.9 Å². The summed E-state index contributed by atoms with van der Waals surface area (Å²) in [5.41, 5.74) is 3.73. The number of ether oxygens (including phenoxy) is 1. The molecule has 122 valence electrons. The first-order chi connectivity index (χ1) is 11.6. The van der Waals surface area contributed by atoms with Gasteiger partial charge < -0.3 is 4.74 Å². The minimum absolute atomic E-state index is 0.0556. The van der Waals surface area contributed by atoms with E-state index in [0.717, 1.165) is 28.3 Å². The monoisotopic (exact) mass is 338 g/mol. The van der Waals surface area contributed by atoms with Gasteiger partial charge in [-0.15, -0.1) is 11.3 Å². The molecule has 1 aromatic heterocycles. The molecule has 24 heavy (non-hydrogen) atoms. The van der Waals surface area contributed by atoms with E-state index in [1.807, 2.05) is 60.8 Å². The fraction of sp³-hybridized carbons (Fsp3) is 0.158. The van der Waals surface area contributed by atoms with E-state index in [-0.39, 0.29) is 5.91 Å². The van der Waals surface area contributed by atoms with Crippen LogP contribution in [0.25, 0.3) is 11.3 Å². The summed E-state index contributed by atoms with van der Waals surface area (Å²) in [4.78, 5) is 18.5. The summed E-state index contributed by atoms with van der Waals surface area (Å²) in [6, 6.07) is 15.5. The van der Waals surface area contributed by atoms with Gasteiger partial charge in [-0.05, 0) is 42.8 Å². The number of benzene rings is 2. The van der Waals surface area contributed by atoms with Crippen molar-refractivity contribution >= 4 is 28.1 Å². The Labute approximate surface area is 145 Å². The summed E-state index contributed by atoms with van der Waals surface area (Å²) in [6.45, 7) is 3.55. The molecule has 0 N–H and O–H groups in total. The van der Waals surface area contributed by atoms with E-state index in [1.165, 1.54) is 11.3 Å². The van der Waals surface area contributed by atoms with Gasteiger partial charge in [-0.1, -0.05) is 18.2 Å². The van der Waals surface area contributed by atoms with Crippen molar-refractivity contribution in [1.29, 1.82) is 0 Å². The largest absolute Gasteiger partial charge is 0.497 e. The van der Waals surface area contributed by atoms with Gasteiger partial charge in [-0.25, -0.2) is 4.98 Å². The molecule has 0 atom stereocenters. The van der Waals surface area contributed by atoms with E-state index in [9.17, 15) is 4.79 Å². The molecule has 3 aromatic rings. The lowest BCUT2D eigenvalue weighted by Crippen LogP contribution is -2.23. The topological polar surface area (TPSA) is 42.4 Å². The summed E-state index contributed by atoms with van der Waals surface area (Å²) in [5, 5.41) is 2.63. The third kappa shape index (κ3) is 3.16. The highest BCUT2D eigenvalue weighted by Crippen LogP contribution is 2.34. The number of hydrogen-bond acceptors (Lipinski definition) is 4. The van der Waals surface area contributed by atoms with Crippen LogP contribution in [0.15, 0.2) is 53.9 Å². The second-order valence-corrected chi connectivity index (χ2v) is 6.22. The molecule has 2 aromatic carbocycles. The van der Waals surface area contributed by atoms with Crippen LogP contribution >= 0.6 is 11.3 Å². The highest BCUT2D eigenvalue weighted by atomic mass is 32.1. The van der Waals surface area contributed by atoms with E-state index in [1.54, 1.807) is 18.9 Å². The molecule has 0 aliphatic heterocycles. The third-order valence-electron chi connectivity index (χ3n) is 3.74. The molecule has 0 aliphatic rings. The van der Waals surface area contributed by atoms with E-state index < -0.39 is 0 Å². The standard InChI is InChI=1S/C19H18N2O2S/c1-13-6-4-5-7-18(13)21(14(2)22)19-20-17(12-24-19)15-8-10-16(23-3)11-9-15/h4-12H,1-3H3. The van der Waals surface area contributed by atoms with Crippen molar-refractivity contribution in [2.75, 3.05) is 12.0 Å². The number of anilines is 2. The quantitative estimate of drug-likeness (QED) is 0.685. The summed E-state index contributed by atoms with van der Waals surface area (Å²) in [7, 11) is 1.64. The third-order valence-corrected chi connectivity index (χ3v) is 4.57. The number of carbonyl (C=O) groups excluding carboxylic acids is 1. The molecule has 0 unspecified atom stereocenters. The molecule has 1 amide bonds. The number of rotatable bonds is 4. The molecule has 4 nitrogen and oxygen atoms in total. The molecule has 0 spiro atoms. The smallest absolute Gasteiger partial charge is 0.230 e. The van der Waals surface area contributed by atoms with Gasteiger partial charge in [0.05, 0.1) is 18.5 Å². The molecule has 0 saturated carbocycles. The Balaban J connectivity index is 1.97. The molecule has 3 rings (SSSR count). The van der Waals surface area contributed by atoms with Crippen molar-refractivity contribution < 1.29 is 9.53 Å². The molecule has 0 radical (unpaired) electrons. The Morgan fingerprint density at radius 3 is 2.46 bits per heavy atom. The first-order valence-corrected chi connectivity index (χ1v) is 8.44. The number of amides is 1. The predicted molar refractivity (Wildman–Crippen MR) is 98.1 cm³/mol. The molecular weight excluding hydrogens is 320 g/mol. The minimum atomic E-state index is -0.0556. The molecule has 0 bridgehead atoms. The van der Waals surface area contributed by atoms with Crippen LogP contribution in [0.5, 0.6) is 5.75 Å². The zero-order valence-corrected chi connectivity index (χ0v) is 14.6. The van der Waals surface area contributed by atoms with Gasteiger partial charge in [-0.2, -0.15) is 0 Å². The SMILES string of the molecule is COc1ccc(-c2csc(N(C(C)=O)c3ccccc3C)n2)cc1. The van der Waals surface area contributed by atoms with Crippen LogP contribution < -0.4 is 9.64 Å². The number of aryl methyl sites for hydroxylation is 1. The molecule has 1 heterocycles. The Bertz CT molecular complexity index is 856. The van der Waals surface area contributed by atoms with Gasteiger partial charge in [0.25, 0.3) is 0 Å². The fourth-order valence-electron chi connectivity index (χ4n) is 2.48. The average molecular weight is 338 g/mol. The lowest BCUT2D eigenvalue weighted by molar-refractivity contribution is -0.115. The van der Waals surface area contributed by atoms with Crippen molar-refractivity contribution in [2.45, 2.75) is 13.8 Å². The van der Waals surface area contributed by atoms with Crippen molar-refractivity contribution in [3.63, 3.8) is 0 Å². The average Bonchev–Trinajstić information content (AvgIpc) is 3.06. The van der Waals surface area contributed by atoms with Crippen molar-refractivity contribution in [2.24, 2.45) is 0 Å². The Morgan fingerprint density at radius 2 is 1.83 bits per heavy atom.